The highest BCUT2D eigenvalue weighted by Gasteiger charge is 2.18. The lowest BCUT2D eigenvalue weighted by atomic mass is 9.94. The minimum absolute atomic E-state index is 0.360. The molecule has 112 valence electrons. The standard InChI is InChI=1S/C14H24N4O2/c1-10-17-13(9-14(18-10)19-2)16-7-8-20-12-5-3-11(15)4-6-12/h9,11-12H,3-8,15H2,1-2H3,(H,16,17,18). The average Bonchev–Trinajstić information content (AvgIpc) is 2.45. The molecule has 0 amide bonds. The van der Waals surface area contributed by atoms with Gasteiger partial charge < -0.3 is 20.5 Å². The number of nitrogens with two attached hydrogens (primary N) is 1. The van der Waals surface area contributed by atoms with Crippen molar-refractivity contribution in [3.05, 3.63) is 11.9 Å². The van der Waals surface area contributed by atoms with E-state index in [2.05, 4.69) is 15.3 Å². The second-order valence-corrected chi connectivity index (χ2v) is 5.18. The van der Waals surface area contributed by atoms with Gasteiger partial charge in [-0.15, -0.1) is 0 Å². The lowest BCUT2D eigenvalue weighted by Crippen LogP contribution is -2.31. The first kappa shape index (κ1) is 15.0. The molecule has 0 aliphatic heterocycles. The van der Waals surface area contributed by atoms with Crippen LogP contribution >= 0.6 is 0 Å². The maximum absolute atomic E-state index is 5.88. The van der Waals surface area contributed by atoms with Crippen LogP contribution < -0.4 is 15.8 Å². The molecular weight excluding hydrogens is 256 g/mol. The van der Waals surface area contributed by atoms with E-state index in [1.165, 1.54) is 0 Å². The number of nitrogens with one attached hydrogen (secondary N) is 1. The fourth-order valence-electron chi connectivity index (χ4n) is 2.40. The first-order chi connectivity index (χ1) is 9.67. The van der Waals surface area contributed by atoms with Gasteiger partial charge in [-0.25, -0.2) is 4.98 Å². The first-order valence-corrected chi connectivity index (χ1v) is 7.18. The first-order valence-electron chi connectivity index (χ1n) is 7.18. The topological polar surface area (TPSA) is 82.3 Å². The smallest absolute Gasteiger partial charge is 0.218 e. The Balaban J connectivity index is 1.69. The van der Waals surface area contributed by atoms with E-state index in [0.717, 1.165) is 38.0 Å². The lowest BCUT2D eigenvalue weighted by Gasteiger charge is -2.26. The van der Waals surface area contributed by atoms with Crippen molar-refractivity contribution in [2.45, 2.75) is 44.8 Å². The van der Waals surface area contributed by atoms with Crippen LogP contribution in [0.25, 0.3) is 0 Å². The molecule has 20 heavy (non-hydrogen) atoms. The van der Waals surface area contributed by atoms with Crippen molar-refractivity contribution in [1.82, 2.24) is 9.97 Å². The van der Waals surface area contributed by atoms with Gasteiger partial charge in [0, 0.05) is 18.7 Å². The van der Waals surface area contributed by atoms with E-state index in [9.17, 15) is 0 Å². The van der Waals surface area contributed by atoms with Crippen LogP contribution in [0, 0.1) is 6.92 Å². The zero-order chi connectivity index (χ0) is 14.4. The molecule has 0 atom stereocenters. The molecule has 2 rings (SSSR count). The van der Waals surface area contributed by atoms with Crippen LogP contribution in [0.5, 0.6) is 5.88 Å². The normalized spacial score (nSPS) is 22.6. The number of nitrogens with zero attached hydrogens (tertiary/aromatic N) is 2. The minimum Gasteiger partial charge on any atom is -0.481 e. The number of rotatable bonds is 6. The van der Waals surface area contributed by atoms with Gasteiger partial charge in [0.15, 0.2) is 0 Å². The highest BCUT2D eigenvalue weighted by molar-refractivity contribution is 5.38. The third-order valence-corrected chi connectivity index (χ3v) is 3.50. The molecule has 1 aromatic heterocycles. The Hall–Kier alpha value is -1.40. The van der Waals surface area contributed by atoms with Crippen molar-refractivity contribution in [1.29, 1.82) is 0 Å². The Kier molecular flexibility index (Phi) is 5.55. The third kappa shape index (κ3) is 4.61. The van der Waals surface area contributed by atoms with E-state index in [0.29, 0.717) is 30.5 Å². The SMILES string of the molecule is COc1cc(NCCOC2CCC(N)CC2)nc(C)n1. The molecule has 1 fully saturated rings. The Morgan fingerprint density at radius 3 is 2.75 bits per heavy atom. The zero-order valence-electron chi connectivity index (χ0n) is 12.3. The summed E-state index contributed by atoms with van der Waals surface area (Å²) in [6, 6.07) is 2.15. The molecule has 0 spiro atoms. The number of ether oxygens (including phenoxy) is 2. The molecule has 6 nitrogen and oxygen atoms in total. The maximum Gasteiger partial charge on any atom is 0.218 e. The third-order valence-electron chi connectivity index (χ3n) is 3.50. The summed E-state index contributed by atoms with van der Waals surface area (Å²) in [6.07, 6.45) is 4.64. The number of methoxy groups -OCH3 is 1. The predicted octanol–water partition coefficient (Wildman–Crippen LogP) is 1.49. The Bertz CT molecular complexity index is 420. The Morgan fingerprint density at radius 2 is 2.05 bits per heavy atom. The molecule has 0 unspecified atom stereocenters. The molecule has 0 aromatic carbocycles. The molecule has 6 heteroatoms. The molecule has 3 N–H and O–H groups in total. The second kappa shape index (κ2) is 7.40. The van der Waals surface area contributed by atoms with Gasteiger partial charge in [0.1, 0.15) is 11.6 Å². The number of aryl methyl sites for hydroxylation is 1. The van der Waals surface area contributed by atoms with Gasteiger partial charge in [-0.2, -0.15) is 4.98 Å². The molecule has 1 heterocycles. The maximum atomic E-state index is 5.88. The summed E-state index contributed by atoms with van der Waals surface area (Å²) in [5.41, 5.74) is 5.88. The van der Waals surface area contributed by atoms with Crippen LogP contribution in [0.1, 0.15) is 31.5 Å². The van der Waals surface area contributed by atoms with E-state index in [1.807, 2.05) is 6.92 Å². The lowest BCUT2D eigenvalue weighted by molar-refractivity contribution is 0.0313. The van der Waals surface area contributed by atoms with Crippen molar-refractivity contribution in [2.24, 2.45) is 5.73 Å². The highest BCUT2D eigenvalue weighted by Crippen LogP contribution is 2.19. The molecule has 1 aromatic rings. The summed E-state index contributed by atoms with van der Waals surface area (Å²) in [5.74, 6) is 2.03. The quantitative estimate of drug-likeness (QED) is 0.768. The fraction of sp³-hybridized carbons (Fsp3) is 0.714. The largest absolute Gasteiger partial charge is 0.481 e. The minimum atomic E-state index is 0.360. The predicted molar refractivity (Wildman–Crippen MR) is 78.0 cm³/mol. The number of aromatic nitrogens is 2. The van der Waals surface area contributed by atoms with Gasteiger partial charge in [-0.3, -0.25) is 0 Å². The summed E-state index contributed by atoms with van der Waals surface area (Å²) in [4.78, 5) is 8.45. The van der Waals surface area contributed by atoms with Crippen molar-refractivity contribution in [3.63, 3.8) is 0 Å². The van der Waals surface area contributed by atoms with E-state index < -0.39 is 0 Å². The van der Waals surface area contributed by atoms with Crippen molar-refractivity contribution in [3.8, 4) is 5.88 Å². The Labute approximate surface area is 120 Å². The molecule has 0 radical (unpaired) electrons. The molecule has 1 aliphatic carbocycles. The van der Waals surface area contributed by atoms with Gasteiger partial charge in [-0.1, -0.05) is 0 Å². The summed E-state index contributed by atoms with van der Waals surface area (Å²) < 4.78 is 11.0. The van der Waals surface area contributed by atoms with Crippen LogP contribution in [0.15, 0.2) is 6.07 Å². The zero-order valence-corrected chi connectivity index (χ0v) is 12.3. The van der Waals surface area contributed by atoms with E-state index in [-0.39, 0.29) is 0 Å². The fourth-order valence-corrected chi connectivity index (χ4v) is 2.40. The molecule has 0 saturated heterocycles. The molecule has 1 saturated carbocycles. The van der Waals surface area contributed by atoms with Crippen LogP contribution in [0.4, 0.5) is 5.82 Å². The molecular formula is C14H24N4O2. The van der Waals surface area contributed by atoms with E-state index in [1.54, 1.807) is 13.2 Å². The second-order valence-electron chi connectivity index (χ2n) is 5.18. The van der Waals surface area contributed by atoms with Crippen LogP contribution in [-0.4, -0.2) is 42.4 Å². The number of hydrogen-bond donors (Lipinski definition) is 2. The van der Waals surface area contributed by atoms with Gasteiger partial charge in [0.05, 0.1) is 19.8 Å². The molecule has 0 bridgehead atoms. The van der Waals surface area contributed by atoms with Crippen molar-refractivity contribution >= 4 is 5.82 Å². The number of hydrogen-bond acceptors (Lipinski definition) is 6. The average molecular weight is 280 g/mol. The van der Waals surface area contributed by atoms with Gasteiger partial charge >= 0.3 is 0 Å². The summed E-state index contributed by atoms with van der Waals surface area (Å²) in [7, 11) is 1.60. The Morgan fingerprint density at radius 1 is 1.30 bits per heavy atom. The van der Waals surface area contributed by atoms with E-state index >= 15 is 0 Å². The summed E-state index contributed by atoms with van der Waals surface area (Å²) >= 11 is 0. The monoisotopic (exact) mass is 280 g/mol. The summed E-state index contributed by atoms with van der Waals surface area (Å²) in [6.45, 7) is 3.24. The van der Waals surface area contributed by atoms with Crippen LogP contribution in [0.3, 0.4) is 0 Å². The van der Waals surface area contributed by atoms with Crippen LogP contribution in [-0.2, 0) is 4.74 Å². The highest BCUT2D eigenvalue weighted by atomic mass is 16.5. The van der Waals surface area contributed by atoms with Gasteiger partial charge in [0.2, 0.25) is 5.88 Å². The van der Waals surface area contributed by atoms with Crippen LogP contribution in [0.2, 0.25) is 0 Å². The molecule has 1 aliphatic rings. The van der Waals surface area contributed by atoms with E-state index in [4.69, 9.17) is 15.2 Å². The summed E-state index contributed by atoms with van der Waals surface area (Å²) in [5, 5.41) is 3.23. The van der Waals surface area contributed by atoms with Gasteiger partial charge in [0.25, 0.3) is 0 Å². The van der Waals surface area contributed by atoms with Gasteiger partial charge in [-0.05, 0) is 32.6 Å². The van der Waals surface area contributed by atoms with Crippen molar-refractivity contribution in [2.75, 3.05) is 25.6 Å². The number of anilines is 1. The van der Waals surface area contributed by atoms with Crippen molar-refractivity contribution < 1.29 is 9.47 Å².